The molecule has 194 valence electrons. The van der Waals surface area contributed by atoms with Gasteiger partial charge in [0.2, 0.25) is 5.78 Å². The minimum absolute atomic E-state index is 0.0507. The number of carbonyl (C=O) groups excluding carboxylic acids is 3. The van der Waals surface area contributed by atoms with Crippen molar-refractivity contribution in [2.45, 2.75) is 51.4 Å². The second kappa shape index (κ2) is 8.08. The third-order valence-corrected chi connectivity index (χ3v) is 6.62. The Morgan fingerprint density at radius 2 is 1.79 bits per heavy atom. The van der Waals surface area contributed by atoms with E-state index in [2.05, 4.69) is 10.3 Å². The fourth-order valence-corrected chi connectivity index (χ4v) is 4.71. The molecule has 2 aromatic carbocycles. The third kappa shape index (κ3) is 3.87. The molecule has 2 amide bonds. The van der Waals surface area contributed by atoms with Gasteiger partial charge < -0.3 is 14.8 Å². The van der Waals surface area contributed by atoms with E-state index in [0.29, 0.717) is 29.8 Å². The van der Waals surface area contributed by atoms with E-state index in [4.69, 9.17) is 9.47 Å². The number of benzene rings is 2. The highest BCUT2D eigenvalue weighted by atomic mass is 19.1. The van der Waals surface area contributed by atoms with E-state index in [0.717, 1.165) is 17.0 Å². The summed E-state index contributed by atoms with van der Waals surface area (Å²) in [5.74, 6) is -1.93. The minimum Gasteiger partial charge on any atom is -0.478 e. The summed E-state index contributed by atoms with van der Waals surface area (Å²) in [6.07, 6.45) is 0.464. The lowest BCUT2D eigenvalue weighted by atomic mass is 10.0. The molecule has 10 heteroatoms. The molecule has 8 nitrogen and oxygen atoms in total. The topological polar surface area (TPSA) is 97.8 Å². The van der Waals surface area contributed by atoms with Crippen LogP contribution in [0.25, 0.3) is 11.3 Å². The van der Waals surface area contributed by atoms with Crippen LogP contribution in [-0.2, 0) is 11.3 Å². The number of hydrogen-bond donors (Lipinski definition) is 1. The number of carbonyl (C=O) groups is 3. The molecule has 1 spiro atoms. The Bertz CT molecular complexity index is 1540. The van der Waals surface area contributed by atoms with Gasteiger partial charge in [0.05, 0.1) is 40.3 Å². The lowest BCUT2D eigenvalue weighted by Crippen LogP contribution is -2.37. The molecular weight excluding hydrogens is 496 g/mol. The number of rotatable bonds is 3. The summed E-state index contributed by atoms with van der Waals surface area (Å²) in [6, 6.07) is 9.76. The summed E-state index contributed by atoms with van der Waals surface area (Å²) in [5, 5.41) is 3.11. The number of Topliss-reactive ketones (excluding diaryl/α,β-unsaturated/α-hetero) is 1. The number of aromatic nitrogens is 1. The largest absolute Gasteiger partial charge is 0.478 e. The number of ether oxygens (including phenoxy) is 2. The van der Waals surface area contributed by atoms with Crippen LogP contribution >= 0.6 is 0 Å². The number of hydrogen-bond acceptors (Lipinski definition) is 7. The van der Waals surface area contributed by atoms with Gasteiger partial charge in [-0.05, 0) is 63.9 Å². The van der Waals surface area contributed by atoms with Crippen molar-refractivity contribution in [3.05, 3.63) is 70.9 Å². The number of imide groups is 1. The molecule has 1 aliphatic carbocycles. The molecule has 1 N–H and O–H groups in total. The van der Waals surface area contributed by atoms with Gasteiger partial charge in [-0.1, -0.05) is 6.07 Å². The number of ketones is 1. The number of halogens is 2. The van der Waals surface area contributed by atoms with E-state index in [-0.39, 0.29) is 40.5 Å². The fourth-order valence-electron chi connectivity index (χ4n) is 4.71. The van der Waals surface area contributed by atoms with Crippen molar-refractivity contribution in [3.8, 4) is 17.0 Å². The Morgan fingerprint density at radius 1 is 1.08 bits per heavy atom. The van der Waals surface area contributed by atoms with Gasteiger partial charge in [-0.15, -0.1) is 0 Å². The molecule has 0 bridgehead atoms. The van der Waals surface area contributed by atoms with Gasteiger partial charge in [-0.25, -0.2) is 23.5 Å². The molecule has 1 saturated carbocycles. The number of nitrogens with one attached hydrogen (secondary N) is 1. The fraction of sp³-hybridized carbons (Fsp3) is 0.286. The van der Waals surface area contributed by atoms with Crippen LogP contribution in [-0.4, -0.2) is 38.9 Å². The van der Waals surface area contributed by atoms with Gasteiger partial charge in [-0.2, -0.15) is 0 Å². The smallest absolute Gasteiger partial charge is 0.417 e. The Balaban J connectivity index is 1.42. The van der Waals surface area contributed by atoms with E-state index in [1.54, 1.807) is 39.0 Å². The van der Waals surface area contributed by atoms with E-state index < -0.39 is 34.8 Å². The first kappa shape index (κ1) is 24.0. The van der Waals surface area contributed by atoms with Gasteiger partial charge in [0.1, 0.15) is 23.0 Å². The molecule has 0 saturated heterocycles. The number of amides is 2. The average Bonchev–Trinajstić information content (AvgIpc) is 3.45. The van der Waals surface area contributed by atoms with Crippen molar-refractivity contribution in [2.24, 2.45) is 0 Å². The highest BCUT2D eigenvalue weighted by molar-refractivity contribution is 6.11. The van der Waals surface area contributed by atoms with Crippen molar-refractivity contribution < 1.29 is 32.6 Å². The van der Waals surface area contributed by atoms with Crippen molar-refractivity contribution in [3.63, 3.8) is 0 Å². The number of nitrogens with zero attached hydrogens (tertiary/aromatic N) is 2. The quantitative estimate of drug-likeness (QED) is 0.469. The molecule has 3 heterocycles. The first-order valence-electron chi connectivity index (χ1n) is 12.1. The molecule has 1 aromatic heterocycles. The Morgan fingerprint density at radius 3 is 2.45 bits per heavy atom. The number of anilines is 2. The normalized spacial score (nSPS) is 16.8. The van der Waals surface area contributed by atoms with E-state index in [9.17, 15) is 23.2 Å². The highest BCUT2D eigenvalue weighted by Crippen LogP contribution is 2.50. The molecule has 0 radical (unpaired) electrons. The molecule has 2 aliphatic heterocycles. The minimum atomic E-state index is -0.857. The summed E-state index contributed by atoms with van der Waals surface area (Å²) in [5.41, 5.74) is -0.637. The molecule has 6 rings (SSSR count). The third-order valence-electron chi connectivity index (χ3n) is 6.62. The van der Waals surface area contributed by atoms with Crippen LogP contribution in [0.4, 0.5) is 25.0 Å². The first-order valence-corrected chi connectivity index (χ1v) is 12.1. The number of fused-ring (bicyclic) bond motifs is 2. The van der Waals surface area contributed by atoms with Crippen LogP contribution in [0.3, 0.4) is 0 Å². The van der Waals surface area contributed by atoms with Crippen LogP contribution in [0.15, 0.2) is 42.5 Å². The molecule has 1 fully saturated rings. The predicted molar refractivity (Wildman–Crippen MR) is 132 cm³/mol. The van der Waals surface area contributed by atoms with Gasteiger partial charge in [0.15, 0.2) is 5.60 Å². The van der Waals surface area contributed by atoms with Crippen LogP contribution in [0.1, 0.15) is 60.0 Å². The van der Waals surface area contributed by atoms with Crippen molar-refractivity contribution in [1.82, 2.24) is 9.88 Å². The predicted octanol–water partition coefficient (Wildman–Crippen LogP) is 5.77. The van der Waals surface area contributed by atoms with Gasteiger partial charge in [-0.3, -0.25) is 9.59 Å². The molecule has 3 aliphatic rings. The highest BCUT2D eigenvalue weighted by Gasteiger charge is 2.57. The Hall–Kier alpha value is -4.34. The molecule has 38 heavy (non-hydrogen) atoms. The van der Waals surface area contributed by atoms with E-state index in [1.165, 1.54) is 12.1 Å². The maximum absolute atomic E-state index is 14.7. The van der Waals surface area contributed by atoms with Crippen LogP contribution in [0.2, 0.25) is 0 Å². The number of pyridine rings is 1. The second-order valence-corrected chi connectivity index (χ2v) is 10.6. The molecule has 0 unspecified atom stereocenters. The Kier molecular flexibility index (Phi) is 5.11. The SMILES string of the molecule is CC(C)(C)OC(=O)N1Cc2nc(-c3c(F)cccc3F)cc(Nc3ccc4c(c3)OC3(CC3)C4=O)c2C1=O. The Labute approximate surface area is 216 Å². The summed E-state index contributed by atoms with van der Waals surface area (Å²) in [7, 11) is 0. The van der Waals surface area contributed by atoms with Crippen LogP contribution in [0, 0.1) is 11.6 Å². The molecule has 3 aromatic rings. The second-order valence-electron chi connectivity index (χ2n) is 10.6. The lowest BCUT2D eigenvalue weighted by Gasteiger charge is -2.23. The maximum atomic E-state index is 14.7. The molecule has 0 atom stereocenters. The van der Waals surface area contributed by atoms with Crippen LogP contribution < -0.4 is 10.1 Å². The molecular formula is C28H23F2N3O5. The zero-order valence-corrected chi connectivity index (χ0v) is 20.9. The summed E-state index contributed by atoms with van der Waals surface area (Å²) in [4.78, 5) is 44.0. The van der Waals surface area contributed by atoms with Gasteiger partial charge in [0, 0.05) is 11.8 Å². The first-order chi connectivity index (χ1) is 18.0. The maximum Gasteiger partial charge on any atom is 0.417 e. The monoisotopic (exact) mass is 519 g/mol. The van der Waals surface area contributed by atoms with Gasteiger partial charge in [0.25, 0.3) is 5.91 Å². The summed E-state index contributed by atoms with van der Waals surface area (Å²) >= 11 is 0. The standard InChI is InChI=1S/C28H23F2N3O5/c1-27(2,3)38-26(36)33-13-20-23(25(33)35)19(12-18(32-20)22-16(29)5-4-6-17(22)30)31-14-7-8-15-21(11-14)37-28(9-10-28)24(15)34/h4-8,11-12H,9-10,13H2,1-3H3,(H,31,32). The zero-order valence-electron chi connectivity index (χ0n) is 20.9. The average molecular weight is 520 g/mol. The van der Waals surface area contributed by atoms with Crippen molar-refractivity contribution in [2.75, 3.05) is 5.32 Å². The summed E-state index contributed by atoms with van der Waals surface area (Å²) < 4.78 is 40.6. The lowest BCUT2D eigenvalue weighted by molar-refractivity contribution is 0.0247. The van der Waals surface area contributed by atoms with Gasteiger partial charge >= 0.3 is 6.09 Å². The van der Waals surface area contributed by atoms with Crippen molar-refractivity contribution >= 4 is 29.2 Å². The van der Waals surface area contributed by atoms with E-state index in [1.807, 2.05) is 0 Å². The summed E-state index contributed by atoms with van der Waals surface area (Å²) in [6.45, 7) is 4.80. The zero-order chi connectivity index (χ0) is 27.0. The van der Waals surface area contributed by atoms with Crippen molar-refractivity contribution in [1.29, 1.82) is 0 Å². The van der Waals surface area contributed by atoms with E-state index >= 15 is 0 Å². The van der Waals surface area contributed by atoms with Crippen LogP contribution in [0.5, 0.6) is 5.75 Å².